The molecule has 2 aromatic rings. The van der Waals surface area contributed by atoms with Gasteiger partial charge in [0.25, 0.3) is 0 Å². The summed E-state index contributed by atoms with van der Waals surface area (Å²) in [5, 5.41) is 10.6. The molecule has 1 N–H and O–H groups in total. The van der Waals surface area contributed by atoms with Crippen LogP contribution in [-0.2, 0) is 12.8 Å². The Labute approximate surface area is 124 Å². The maximum atomic E-state index is 9.95. The van der Waals surface area contributed by atoms with Gasteiger partial charge in [-0.05, 0) is 42.3 Å². The highest BCUT2D eigenvalue weighted by atomic mass is 35.5. The first-order valence-electron chi connectivity index (χ1n) is 6.67. The van der Waals surface area contributed by atoms with E-state index >= 15 is 0 Å². The van der Waals surface area contributed by atoms with Crippen molar-refractivity contribution in [2.45, 2.75) is 25.9 Å². The Kier molecular flexibility index (Phi) is 5.39. The Morgan fingerprint density at radius 2 is 1.95 bits per heavy atom. The number of aliphatic hydroxyl groups excluding tert-OH is 1. The van der Waals surface area contributed by atoms with Gasteiger partial charge >= 0.3 is 0 Å². The van der Waals surface area contributed by atoms with E-state index < -0.39 is 6.10 Å². The fourth-order valence-corrected chi connectivity index (χ4v) is 1.93. The lowest BCUT2D eigenvalue weighted by Crippen LogP contribution is -2.20. The van der Waals surface area contributed by atoms with Crippen molar-refractivity contribution >= 4 is 11.6 Å². The molecule has 0 radical (unpaired) electrons. The van der Waals surface area contributed by atoms with Gasteiger partial charge in [-0.2, -0.15) is 0 Å². The molecular weight excluding hydrogens is 274 g/mol. The number of rotatable bonds is 6. The zero-order valence-corrected chi connectivity index (χ0v) is 12.2. The topological polar surface area (TPSA) is 42.4 Å². The van der Waals surface area contributed by atoms with Crippen molar-refractivity contribution in [3.8, 4) is 5.75 Å². The molecule has 1 atom stereocenters. The number of pyridine rings is 1. The van der Waals surface area contributed by atoms with Crippen molar-refractivity contribution in [1.82, 2.24) is 4.98 Å². The summed E-state index contributed by atoms with van der Waals surface area (Å²) in [7, 11) is 0. The minimum absolute atomic E-state index is 0.235. The number of hydrogen-bond acceptors (Lipinski definition) is 3. The summed E-state index contributed by atoms with van der Waals surface area (Å²) in [6.07, 6.45) is 2.72. The molecule has 106 valence electrons. The van der Waals surface area contributed by atoms with Crippen LogP contribution in [0.4, 0.5) is 0 Å². The molecule has 0 spiro atoms. The van der Waals surface area contributed by atoms with Gasteiger partial charge in [0.05, 0.1) is 6.10 Å². The van der Waals surface area contributed by atoms with Gasteiger partial charge in [-0.3, -0.25) is 4.98 Å². The molecule has 0 bridgehead atoms. The van der Waals surface area contributed by atoms with Crippen LogP contribution >= 0.6 is 11.6 Å². The first kappa shape index (κ1) is 14.8. The number of benzene rings is 1. The van der Waals surface area contributed by atoms with Crippen molar-refractivity contribution in [1.29, 1.82) is 0 Å². The second-order valence-electron chi connectivity index (χ2n) is 4.63. The van der Waals surface area contributed by atoms with E-state index in [1.807, 2.05) is 18.3 Å². The summed E-state index contributed by atoms with van der Waals surface area (Å²) in [5.41, 5.74) is 2.06. The molecule has 1 unspecified atom stereocenters. The third-order valence-electron chi connectivity index (χ3n) is 3.00. The maximum absolute atomic E-state index is 9.95. The van der Waals surface area contributed by atoms with Crippen molar-refractivity contribution in [2.24, 2.45) is 0 Å². The molecule has 4 heteroatoms. The second kappa shape index (κ2) is 7.27. The van der Waals surface area contributed by atoms with Crippen molar-refractivity contribution in [2.75, 3.05) is 6.61 Å². The van der Waals surface area contributed by atoms with Gasteiger partial charge in [0.15, 0.2) is 0 Å². The highest BCUT2D eigenvalue weighted by Crippen LogP contribution is 2.16. The molecule has 3 nitrogen and oxygen atoms in total. The quantitative estimate of drug-likeness (QED) is 0.888. The molecule has 2 rings (SSSR count). The summed E-state index contributed by atoms with van der Waals surface area (Å²) in [6, 6.07) is 11.1. The summed E-state index contributed by atoms with van der Waals surface area (Å²) < 4.78 is 5.50. The molecule has 1 aromatic carbocycles. The van der Waals surface area contributed by atoms with Gasteiger partial charge in [0, 0.05) is 23.3 Å². The van der Waals surface area contributed by atoms with Gasteiger partial charge in [-0.25, -0.2) is 0 Å². The van der Waals surface area contributed by atoms with Gasteiger partial charge < -0.3 is 9.84 Å². The summed E-state index contributed by atoms with van der Waals surface area (Å²) >= 11 is 5.79. The smallest absolute Gasteiger partial charge is 0.119 e. The molecule has 0 aliphatic rings. The van der Waals surface area contributed by atoms with Crippen LogP contribution in [0.15, 0.2) is 42.6 Å². The highest BCUT2D eigenvalue weighted by Gasteiger charge is 2.08. The third-order valence-corrected chi connectivity index (χ3v) is 3.25. The normalized spacial score (nSPS) is 12.2. The van der Waals surface area contributed by atoms with Crippen molar-refractivity contribution in [3.05, 3.63) is 58.9 Å². The van der Waals surface area contributed by atoms with E-state index in [0.717, 1.165) is 12.1 Å². The third kappa shape index (κ3) is 4.51. The molecular formula is C16H18ClNO2. The van der Waals surface area contributed by atoms with Crippen LogP contribution in [0.1, 0.15) is 18.2 Å². The van der Waals surface area contributed by atoms with E-state index in [-0.39, 0.29) is 6.61 Å². The van der Waals surface area contributed by atoms with E-state index in [9.17, 15) is 5.11 Å². The van der Waals surface area contributed by atoms with Crippen LogP contribution in [0.25, 0.3) is 0 Å². The number of aliphatic hydroxyl groups is 1. The molecule has 1 aromatic heterocycles. The van der Waals surface area contributed by atoms with Gasteiger partial charge in [0.2, 0.25) is 0 Å². The lowest BCUT2D eigenvalue weighted by molar-refractivity contribution is 0.107. The Morgan fingerprint density at radius 1 is 1.20 bits per heavy atom. The largest absolute Gasteiger partial charge is 0.491 e. The van der Waals surface area contributed by atoms with Crippen molar-refractivity contribution in [3.63, 3.8) is 0 Å². The zero-order valence-electron chi connectivity index (χ0n) is 11.4. The Bertz CT molecular complexity index is 525. The van der Waals surface area contributed by atoms with Crippen LogP contribution in [0.3, 0.4) is 0 Å². The molecule has 0 saturated carbocycles. The molecule has 0 fully saturated rings. The summed E-state index contributed by atoms with van der Waals surface area (Å²) in [4.78, 5) is 4.32. The van der Waals surface area contributed by atoms with E-state index in [4.69, 9.17) is 16.3 Å². The number of halogens is 1. The van der Waals surface area contributed by atoms with Crippen LogP contribution in [0, 0.1) is 0 Å². The predicted molar refractivity (Wildman–Crippen MR) is 80.3 cm³/mol. The molecule has 0 aliphatic heterocycles. The first-order chi connectivity index (χ1) is 9.67. The average Bonchev–Trinajstić information content (AvgIpc) is 2.47. The minimum Gasteiger partial charge on any atom is -0.491 e. The van der Waals surface area contributed by atoms with Gasteiger partial charge in [0.1, 0.15) is 12.4 Å². The van der Waals surface area contributed by atoms with E-state index in [1.54, 1.807) is 24.3 Å². The van der Waals surface area contributed by atoms with Crippen LogP contribution in [-0.4, -0.2) is 22.8 Å². The highest BCUT2D eigenvalue weighted by molar-refractivity contribution is 6.30. The molecule has 0 saturated heterocycles. The zero-order chi connectivity index (χ0) is 14.4. The van der Waals surface area contributed by atoms with Crippen molar-refractivity contribution < 1.29 is 9.84 Å². The van der Waals surface area contributed by atoms with Gasteiger partial charge in [-0.1, -0.05) is 24.6 Å². The lowest BCUT2D eigenvalue weighted by Gasteiger charge is -2.12. The Hall–Kier alpha value is -1.58. The fraction of sp³-hybridized carbons (Fsp3) is 0.312. The van der Waals surface area contributed by atoms with E-state index in [1.165, 1.54) is 5.56 Å². The van der Waals surface area contributed by atoms with Crippen LogP contribution in [0.2, 0.25) is 5.02 Å². The summed E-state index contributed by atoms with van der Waals surface area (Å²) in [5.74, 6) is 0.697. The fourth-order valence-electron chi connectivity index (χ4n) is 1.81. The summed E-state index contributed by atoms with van der Waals surface area (Å²) in [6.45, 7) is 2.32. The van der Waals surface area contributed by atoms with Crippen LogP contribution in [0.5, 0.6) is 5.75 Å². The molecule has 20 heavy (non-hydrogen) atoms. The molecule has 1 heterocycles. The number of aryl methyl sites for hydroxylation is 1. The standard InChI is InChI=1S/C16H18ClNO2/c1-2-12-3-6-14(18-10-12)9-15(19)11-20-16-7-4-13(17)5-8-16/h3-8,10,15,19H,2,9,11H2,1H3. The monoisotopic (exact) mass is 291 g/mol. The average molecular weight is 292 g/mol. The van der Waals surface area contributed by atoms with Gasteiger partial charge in [-0.15, -0.1) is 0 Å². The Morgan fingerprint density at radius 3 is 2.55 bits per heavy atom. The minimum atomic E-state index is -0.578. The number of hydrogen-bond donors (Lipinski definition) is 1. The maximum Gasteiger partial charge on any atom is 0.119 e. The second-order valence-corrected chi connectivity index (χ2v) is 5.07. The SMILES string of the molecule is CCc1ccc(CC(O)COc2ccc(Cl)cc2)nc1. The number of nitrogens with zero attached hydrogens (tertiary/aromatic N) is 1. The number of ether oxygens (including phenoxy) is 1. The Balaban J connectivity index is 1.82. The molecule has 0 amide bonds. The number of aromatic nitrogens is 1. The first-order valence-corrected chi connectivity index (χ1v) is 7.05. The molecule has 0 aliphatic carbocycles. The van der Waals surface area contributed by atoms with E-state index in [0.29, 0.717) is 17.2 Å². The predicted octanol–water partition coefficient (Wildman–Crippen LogP) is 3.28. The van der Waals surface area contributed by atoms with Crippen LogP contribution < -0.4 is 4.74 Å². The lowest BCUT2D eigenvalue weighted by atomic mass is 10.1. The van der Waals surface area contributed by atoms with E-state index in [2.05, 4.69) is 11.9 Å².